The van der Waals surface area contributed by atoms with Crippen molar-refractivity contribution in [1.82, 2.24) is 4.90 Å². The van der Waals surface area contributed by atoms with E-state index >= 15 is 0 Å². The van der Waals surface area contributed by atoms with Gasteiger partial charge in [-0.2, -0.15) is 0 Å². The molecule has 78 valence electrons. The molecule has 1 aliphatic heterocycles. The Labute approximate surface area is 80.1 Å². The van der Waals surface area contributed by atoms with Gasteiger partial charge in [-0.1, -0.05) is 0 Å². The first-order valence-electron chi connectivity index (χ1n) is 5.10. The molecule has 3 heteroatoms. The molecule has 0 aromatic carbocycles. The van der Waals surface area contributed by atoms with E-state index in [9.17, 15) is 4.39 Å². The van der Waals surface area contributed by atoms with E-state index in [1.165, 1.54) is 0 Å². The van der Waals surface area contributed by atoms with Crippen LogP contribution in [-0.4, -0.2) is 42.9 Å². The quantitative estimate of drug-likeness (QED) is 0.657. The maximum absolute atomic E-state index is 13.3. The van der Waals surface area contributed by atoms with Crippen molar-refractivity contribution in [3.63, 3.8) is 0 Å². The van der Waals surface area contributed by atoms with Crippen LogP contribution in [0.4, 0.5) is 4.39 Å². The Bertz CT molecular complexity index is 134. The highest BCUT2D eigenvalue weighted by Crippen LogP contribution is 2.16. The topological polar surface area (TPSA) is 12.5 Å². The van der Waals surface area contributed by atoms with E-state index in [-0.39, 0.29) is 6.04 Å². The second kappa shape index (κ2) is 4.91. The molecule has 13 heavy (non-hydrogen) atoms. The first kappa shape index (κ1) is 10.9. The van der Waals surface area contributed by atoms with Crippen LogP contribution in [0.5, 0.6) is 0 Å². The number of alkyl halides is 1. The molecule has 0 amide bonds. The average Bonchev–Trinajstić information content (AvgIpc) is 2.27. The molecule has 0 aromatic rings. The largest absolute Gasteiger partial charge is 0.380 e. The van der Waals surface area contributed by atoms with Gasteiger partial charge in [-0.3, -0.25) is 4.90 Å². The van der Waals surface area contributed by atoms with E-state index < -0.39 is 6.17 Å². The molecule has 0 N–H and O–H groups in total. The lowest BCUT2D eigenvalue weighted by atomic mass is 10.1. The first-order chi connectivity index (χ1) is 6.13. The van der Waals surface area contributed by atoms with Crippen molar-refractivity contribution < 1.29 is 9.13 Å². The van der Waals surface area contributed by atoms with Gasteiger partial charge in [-0.05, 0) is 27.2 Å². The second-order valence-electron chi connectivity index (χ2n) is 4.00. The molecule has 1 rings (SSSR count). The van der Waals surface area contributed by atoms with Crippen LogP contribution in [-0.2, 0) is 4.74 Å². The van der Waals surface area contributed by atoms with Gasteiger partial charge < -0.3 is 4.74 Å². The summed E-state index contributed by atoms with van der Waals surface area (Å²) in [5.41, 5.74) is 0. The number of rotatable bonds is 2. The third kappa shape index (κ3) is 2.92. The summed E-state index contributed by atoms with van der Waals surface area (Å²) >= 11 is 0. The molecule has 0 saturated carbocycles. The maximum Gasteiger partial charge on any atom is 0.115 e. The minimum Gasteiger partial charge on any atom is -0.380 e. The highest BCUT2D eigenvalue weighted by Gasteiger charge is 2.28. The van der Waals surface area contributed by atoms with E-state index in [2.05, 4.69) is 18.7 Å². The Balaban J connectivity index is 2.61. The summed E-state index contributed by atoms with van der Waals surface area (Å²) in [6.07, 6.45) is 0.210. The zero-order valence-electron chi connectivity index (χ0n) is 8.79. The highest BCUT2D eigenvalue weighted by molar-refractivity contribution is 4.80. The SMILES string of the molecule is CC(F)C1COCCCN1C(C)C. The third-order valence-corrected chi connectivity index (χ3v) is 2.61. The van der Waals surface area contributed by atoms with Gasteiger partial charge in [0.25, 0.3) is 0 Å². The van der Waals surface area contributed by atoms with Gasteiger partial charge in [-0.15, -0.1) is 0 Å². The Hall–Kier alpha value is -0.150. The van der Waals surface area contributed by atoms with Gasteiger partial charge in [0.15, 0.2) is 0 Å². The molecule has 1 fully saturated rings. The smallest absolute Gasteiger partial charge is 0.115 e. The molecular formula is C10H20FNO. The van der Waals surface area contributed by atoms with Crippen LogP contribution in [0.15, 0.2) is 0 Å². The monoisotopic (exact) mass is 189 g/mol. The number of nitrogens with zero attached hydrogens (tertiary/aromatic N) is 1. The lowest BCUT2D eigenvalue weighted by Crippen LogP contribution is -2.46. The van der Waals surface area contributed by atoms with Gasteiger partial charge >= 0.3 is 0 Å². The molecule has 2 atom stereocenters. The fourth-order valence-corrected chi connectivity index (χ4v) is 1.85. The van der Waals surface area contributed by atoms with E-state index in [4.69, 9.17) is 4.74 Å². The molecule has 2 unspecified atom stereocenters. The minimum absolute atomic E-state index is 0.0532. The fraction of sp³-hybridized carbons (Fsp3) is 1.00. The summed E-state index contributed by atoms with van der Waals surface area (Å²) in [6.45, 7) is 8.11. The van der Waals surface area contributed by atoms with Gasteiger partial charge in [0.2, 0.25) is 0 Å². The second-order valence-corrected chi connectivity index (χ2v) is 4.00. The van der Waals surface area contributed by atoms with Crippen molar-refractivity contribution in [3.8, 4) is 0 Å². The fourth-order valence-electron chi connectivity index (χ4n) is 1.85. The van der Waals surface area contributed by atoms with Crippen molar-refractivity contribution in [2.24, 2.45) is 0 Å². The Morgan fingerprint density at radius 3 is 2.62 bits per heavy atom. The minimum atomic E-state index is -0.805. The zero-order chi connectivity index (χ0) is 9.84. The average molecular weight is 189 g/mol. The molecule has 0 aliphatic carbocycles. The summed E-state index contributed by atoms with van der Waals surface area (Å²) < 4.78 is 18.6. The summed E-state index contributed by atoms with van der Waals surface area (Å²) in [6, 6.07) is 0.354. The van der Waals surface area contributed by atoms with E-state index in [0.29, 0.717) is 12.6 Å². The predicted molar refractivity (Wildman–Crippen MR) is 51.6 cm³/mol. The lowest BCUT2D eigenvalue weighted by Gasteiger charge is -2.33. The van der Waals surface area contributed by atoms with Gasteiger partial charge in [0, 0.05) is 19.2 Å². The zero-order valence-corrected chi connectivity index (χ0v) is 8.79. The molecule has 0 aromatic heterocycles. The Morgan fingerprint density at radius 2 is 2.08 bits per heavy atom. The highest BCUT2D eigenvalue weighted by atomic mass is 19.1. The normalized spacial score (nSPS) is 28.8. The lowest BCUT2D eigenvalue weighted by molar-refractivity contribution is 0.0450. The Morgan fingerprint density at radius 1 is 1.38 bits per heavy atom. The third-order valence-electron chi connectivity index (χ3n) is 2.61. The molecule has 0 radical (unpaired) electrons. The molecule has 1 heterocycles. The number of hydrogen-bond acceptors (Lipinski definition) is 2. The molecular weight excluding hydrogens is 169 g/mol. The number of hydrogen-bond donors (Lipinski definition) is 0. The van der Waals surface area contributed by atoms with Crippen LogP contribution in [0.2, 0.25) is 0 Å². The van der Waals surface area contributed by atoms with Gasteiger partial charge in [0.05, 0.1) is 12.6 Å². The summed E-state index contributed by atoms with van der Waals surface area (Å²) in [5, 5.41) is 0. The van der Waals surface area contributed by atoms with Crippen molar-refractivity contribution in [1.29, 1.82) is 0 Å². The predicted octanol–water partition coefficient (Wildman–Crippen LogP) is 1.84. The van der Waals surface area contributed by atoms with Gasteiger partial charge in [-0.25, -0.2) is 4.39 Å². The molecule has 0 bridgehead atoms. The van der Waals surface area contributed by atoms with Gasteiger partial charge in [0.1, 0.15) is 6.17 Å². The molecule has 1 saturated heterocycles. The van der Waals surface area contributed by atoms with Crippen LogP contribution in [0.1, 0.15) is 27.2 Å². The van der Waals surface area contributed by atoms with Crippen LogP contribution >= 0.6 is 0 Å². The van der Waals surface area contributed by atoms with Crippen molar-refractivity contribution in [3.05, 3.63) is 0 Å². The van der Waals surface area contributed by atoms with Crippen molar-refractivity contribution in [2.45, 2.75) is 45.4 Å². The molecule has 0 spiro atoms. The first-order valence-corrected chi connectivity index (χ1v) is 5.10. The van der Waals surface area contributed by atoms with Crippen LogP contribution in [0.25, 0.3) is 0 Å². The van der Waals surface area contributed by atoms with E-state index in [1.807, 2.05) is 0 Å². The summed E-state index contributed by atoms with van der Waals surface area (Å²) in [5.74, 6) is 0. The Kier molecular flexibility index (Phi) is 4.13. The van der Waals surface area contributed by atoms with E-state index in [0.717, 1.165) is 19.6 Å². The molecule has 2 nitrogen and oxygen atoms in total. The van der Waals surface area contributed by atoms with E-state index in [1.54, 1.807) is 6.92 Å². The summed E-state index contributed by atoms with van der Waals surface area (Å²) in [4.78, 5) is 2.21. The molecule has 1 aliphatic rings. The van der Waals surface area contributed by atoms with Crippen LogP contribution in [0, 0.1) is 0 Å². The number of ether oxygens (including phenoxy) is 1. The number of halogens is 1. The van der Waals surface area contributed by atoms with Crippen LogP contribution < -0.4 is 0 Å². The standard InChI is InChI=1S/C10H20FNO/c1-8(2)12-5-4-6-13-7-10(12)9(3)11/h8-10H,4-7H2,1-3H3. The van der Waals surface area contributed by atoms with Crippen molar-refractivity contribution >= 4 is 0 Å². The summed E-state index contributed by atoms with van der Waals surface area (Å²) in [7, 11) is 0. The van der Waals surface area contributed by atoms with Crippen molar-refractivity contribution in [2.75, 3.05) is 19.8 Å². The van der Waals surface area contributed by atoms with Crippen LogP contribution in [0.3, 0.4) is 0 Å². The maximum atomic E-state index is 13.3.